The number of hydrogen-bond acceptors (Lipinski definition) is 2. The van der Waals surface area contributed by atoms with Crippen molar-refractivity contribution in [2.24, 2.45) is 0 Å². The Kier molecular flexibility index (Phi) is 7.25. The van der Waals surface area contributed by atoms with E-state index in [4.69, 9.17) is 11.6 Å². The molecule has 0 aliphatic heterocycles. The third-order valence-electron chi connectivity index (χ3n) is 2.98. The molecule has 1 rings (SSSR count). The summed E-state index contributed by atoms with van der Waals surface area (Å²) in [6.45, 7) is 9.87. The van der Waals surface area contributed by atoms with Crippen LogP contribution in [0.25, 0.3) is 0 Å². The zero-order chi connectivity index (χ0) is 12.5. The maximum Gasteiger partial charge on any atom is 0.0408 e. The van der Waals surface area contributed by atoms with Gasteiger partial charge in [0.1, 0.15) is 0 Å². The first-order valence-electron chi connectivity index (χ1n) is 6.43. The lowest BCUT2D eigenvalue weighted by atomic mass is 10.1. The summed E-state index contributed by atoms with van der Waals surface area (Å²) in [6, 6.07) is 8.08. The normalized spacial score (nSPS) is 11.1. The highest BCUT2D eigenvalue weighted by Crippen LogP contribution is 2.10. The summed E-state index contributed by atoms with van der Waals surface area (Å²) in [5, 5.41) is 4.29. The molecule has 1 aromatic carbocycles. The van der Waals surface area contributed by atoms with E-state index < -0.39 is 0 Å². The van der Waals surface area contributed by atoms with Gasteiger partial charge >= 0.3 is 0 Å². The summed E-state index contributed by atoms with van der Waals surface area (Å²) in [6.07, 6.45) is 1.04. The molecule has 0 aliphatic carbocycles. The van der Waals surface area contributed by atoms with Gasteiger partial charge < -0.3 is 10.2 Å². The maximum absolute atomic E-state index is 5.94. The van der Waals surface area contributed by atoms with E-state index in [9.17, 15) is 0 Å². The van der Waals surface area contributed by atoms with Crippen molar-refractivity contribution in [2.75, 3.05) is 32.7 Å². The standard InChI is InChI=1S/C14H23ClN2/c1-3-17(4-2)11-10-16-9-8-13-6-5-7-14(15)12-13/h5-7,12,16H,3-4,8-11H2,1-2H3. The number of hydrogen-bond donors (Lipinski definition) is 1. The van der Waals surface area contributed by atoms with Gasteiger partial charge in [-0.05, 0) is 43.8 Å². The lowest BCUT2D eigenvalue weighted by Crippen LogP contribution is -2.32. The predicted octanol–water partition coefficient (Wildman–Crippen LogP) is 2.81. The number of rotatable bonds is 8. The lowest BCUT2D eigenvalue weighted by molar-refractivity contribution is 0.303. The van der Waals surface area contributed by atoms with Gasteiger partial charge in [-0.15, -0.1) is 0 Å². The molecule has 0 bridgehead atoms. The minimum Gasteiger partial charge on any atom is -0.315 e. The van der Waals surface area contributed by atoms with E-state index in [1.165, 1.54) is 5.56 Å². The summed E-state index contributed by atoms with van der Waals surface area (Å²) < 4.78 is 0. The predicted molar refractivity (Wildman–Crippen MR) is 75.8 cm³/mol. The van der Waals surface area contributed by atoms with Gasteiger partial charge in [-0.25, -0.2) is 0 Å². The Bertz CT molecular complexity index is 311. The highest BCUT2D eigenvalue weighted by atomic mass is 35.5. The number of nitrogens with one attached hydrogen (secondary N) is 1. The zero-order valence-corrected chi connectivity index (χ0v) is 11.6. The molecule has 0 unspecified atom stereocenters. The number of nitrogens with zero attached hydrogens (tertiary/aromatic N) is 1. The summed E-state index contributed by atoms with van der Waals surface area (Å²) in [5.74, 6) is 0. The van der Waals surface area contributed by atoms with E-state index in [-0.39, 0.29) is 0 Å². The second-order valence-corrected chi connectivity index (χ2v) is 4.59. The molecule has 0 amide bonds. The molecule has 96 valence electrons. The van der Waals surface area contributed by atoms with Crippen molar-refractivity contribution in [3.8, 4) is 0 Å². The van der Waals surface area contributed by atoms with Crippen LogP contribution in [0.4, 0.5) is 0 Å². The molecule has 0 radical (unpaired) electrons. The van der Waals surface area contributed by atoms with E-state index in [0.29, 0.717) is 0 Å². The summed E-state index contributed by atoms with van der Waals surface area (Å²) >= 11 is 5.94. The van der Waals surface area contributed by atoms with Gasteiger partial charge in [-0.3, -0.25) is 0 Å². The van der Waals surface area contributed by atoms with Crippen LogP contribution in [0.15, 0.2) is 24.3 Å². The molecule has 3 heteroatoms. The van der Waals surface area contributed by atoms with Crippen LogP contribution < -0.4 is 5.32 Å². The minimum absolute atomic E-state index is 0.825. The van der Waals surface area contributed by atoms with Crippen LogP contribution in [-0.4, -0.2) is 37.6 Å². The first kappa shape index (κ1) is 14.5. The Morgan fingerprint density at radius 2 is 1.94 bits per heavy atom. The van der Waals surface area contributed by atoms with Gasteiger partial charge in [0.2, 0.25) is 0 Å². The minimum atomic E-state index is 0.825. The van der Waals surface area contributed by atoms with Crippen molar-refractivity contribution in [3.05, 3.63) is 34.9 Å². The van der Waals surface area contributed by atoms with E-state index >= 15 is 0 Å². The summed E-state index contributed by atoms with van der Waals surface area (Å²) in [5.41, 5.74) is 1.30. The SMILES string of the molecule is CCN(CC)CCNCCc1cccc(Cl)c1. The summed E-state index contributed by atoms with van der Waals surface area (Å²) in [7, 11) is 0. The van der Waals surface area contributed by atoms with Crippen molar-refractivity contribution in [1.29, 1.82) is 0 Å². The van der Waals surface area contributed by atoms with Gasteiger partial charge in [0.05, 0.1) is 0 Å². The fraction of sp³-hybridized carbons (Fsp3) is 0.571. The molecule has 2 nitrogen and oxygen atoms in total. The Hall–Kier alpha value is -0.570. The Morgan fingerprint density at radius 1 is 1.18 bits per heavy atom. The van der Waals surface area contributed by atoms with Crippen LogP contribution in [-0.2, 0) is 6.42 Å². The maximum atomic E-state index is 5.94. The third kappa shape index (κ3) is 6.06. The third-order valence-corrected chi connectivity index (χ3v) is 3.21. The van der Waals surface area contributed by atoms with E-state index in [1.54, 1.807) is 0 Å². The van der Waals surface area contributed by atoms with Crippen LogP contribution in [0.1, 0.15) is 19.4 Å². The number of halogens is 1. The van der Waals surface area contributed by atoms with Crippen LogP contribution in [0, 0.1) is 0 Å². The monoisotopic (exact) mass is 254 g/mol. The van der Waals surface area contributed by atoms with Crippen LogP contribution in [0.5, 0.6) is 0 Å². The average molecular weight is 255 g/mol. The lowest BCUT2D eigenvalue weighted by Gasteiger charge is -2.17. The van der Waals surface area contributed by atoms with E-state index in [0.717, 1.165) is 44.2 Å². The second-order valence-electron chi connectivity index (χ2n) is 4.16. The van der Waals surface area contributed by atoms with Gasteiger partial charge in [0.15, 0.2) is 0 Å². The molecule has 0 saturated heterocycles. The Balaban J connectivity index is 2.12. The van der Waals surface area contributed by atoms with Crippen LogP contribution in [0.3, 0.4) is 0 Å². The molecule has 0 heterocycles. The van der Waals surface area contributed by atoms with E-state index in [1.807, 2.05) is 18.2 Å². The first-order valence-corrected chi connectivity index (χ1v) is 6.81. The van der Waals surface area contributed by atoms with Crippen molar-refractivity contribution >= 4 is 11.6 Å². The molecule has 0 saturated carbocycles. The molecule has 17 heavy (non-hydrogen) atoms. The van der Waals surface area contributed by atoms with Crippen molar-refractivity contribution in [1.82, 2.24) is 10.2 Å². The molecule has 1 N–H and O–H groups in total. The molecule has 1 aromatic rings. The smallest absolute Gasteiger partial charge is 0.0408 e. The van der Waals surface area contributed by atoms with Crippen molar-refractivity contribution in [2.45, 2.75) is 20.3 Å². The molecule has 0 aliphatic rings. The quantitative estimate of drug-likeness (QED) is 0.718. The van der Waals surface area contributed by atoms with Crippen molar-refractivity contribution in [3.63, 3.8) is 0 Å². The van der Waals surface area contributed by atoms with E-state index in [2.05, 4.69) is 30.1 Å². The highest BCUT2D eigenvalue weighted by molar-refractivity contribution is 6.30. The molecule has 0 fully saturated rings. The molecular weight excluding hydrogens is 232 g/mol. The van der Waals surface area contributed by atoms with Gasteiger partial charge in [-0.2, -0.15) is 0 Å². The average Bonchev–Trinajstić information content (AvgIpc) is 2.34. The van der Waals surface area contributed by atoms with Gasteiger partial charge in [0, 0.05) is 18.1 Å². The molecule has 0 atom stereocenters. The number of benzene rings is 1. The first-order chi connectivity index (χ1) is 8.26. The van der Waals surface area contributed by atoms with Crippen molar-refractivity contribution < 1.29 is 0 Å². The molecule has 0 aromatic heterocycles. The van der Waals surface area contributed by atoms with Gasteiger partial charge in [0.25, 0.3) is 0 Å². The fourth-order valence-corrected chi connectivity index (χ4v) is 2.04. The topological polar surface area (TPSA) is 15.3 Å². The van der Waals surface area contributed by atoms with Gasteiger partial charge in [-0.1, -0.05) is 37.6 Å². The fourth-order valence-electron chi connectivity index (χ4n) is 1.83. The molecule has 0 spiro atoms. The molecular formula is C14H23ClN2. The highest BCUT2D eigenvalue weighted by Gasteiger charge is 1.98. The largest absolute Gasteiger partial charge is 0.315 e. The Labute approximate surface area is 110 Å². The second kappa shape index (κ2) is 8.51. The Morgan fingerprint density at radius 3 is 2.59 bits per heavy atom. The van der Waals surface area contributed by atoms with Crippen LogP contribution in [0.2, 0.25) is 5.02 Å². The summed E-state index contributed by atoms with van der Waals surface area (Å²) in [4.78, 5) is 2.42. The number of likely N-dealkylation sites (N-methyl/N-ethyl adjacent to an activating group) is 1. The van der Waals surface area contributed by atoms with Crippen LogP contribution >= 0.6 is 11.6 Å². The zero-order valence-electron chi connectivity index (χ0n) is 10.9.